The molecular formula is C7H7N7O. The maximum atomic E-state index is 11.4. The first-order valence-electron chi connectivity index (χ1n) is 4.06. The number of aromatic nitrogens is 2. The highest BCUT2D eigenvalue weighted by Gasteiger charge is 2.12. The second-order valence-corrected chi connectivity index (χ2v) is 2.53. The third-order valence-corrected chi connectivity index (χ3v) is 1.51. The molecule has 1 aromatic rings. The van der Waals surface area contributed by atoms with Gasteiger partial charge in [-0.05, 0) is 12.1 Å². The number of amides is 1. The molecule has 0 radical (unpaired) electrons. The predicted octanol–water partition coefficient (Wildman–Crippen LogP) is -2.17. The third-order valence-electron chi connectivity index (χ3n) is 1.51. The highest BCUT2D eigenvalue weighted by molar-refractivity contribution is 6.38. The molecule has 2 heterocycles. The summed E-state index contributed by atoms with van der Waals surface area (Å²) < 4.78 is 0. The zero-order valence-corrected chi connectivity index (χ0v) is 7.51. The molecule has 0 fully saturated rings. The minimum absolute atomic E-state index is 0.0921. The Balaban J connectivity index is 2.27. The van der Waals surface area contributed by atoms with Gasteiger partial charge in [0.15, 0.2) is 0 Å². The Morgan fingerprint density at radius 1 is 1.40 bits per heavy atom. The fourth-order valence-electron chi connectivity index (χ4n) is 0.891. The van der Waals surface area contributed by atoms with Crippen molar-refractivity contribution in [3.63, 3.8) is 0 Å². The Morgan fingerprint density at radius 2 is 2.33 bits per heavy atom. The van der Waals surface area contributed by atoms with Crippen molar-refractivity contribution in [2.75, 3.05) is 0 Å². The van der Waals surface area contributed by atoms with E-state index in [0.29, 0.717) is 5.36 Å². The highest BCUT2D eigenvalue weighted by Crippen LogP contribution is 1.80. The Kier molecular flexibility index (Phi) is 2.61. The van der Waals surface area contributed by atoms with Crippen LogP contribution < -0.4 is 21.9 Å². The zero-order chi connectivity index (χ0) is 10.5. The zero-order valence-electron chi connectivity index (χ0n) is 7.51. The van der Waals surface area contributed by atoms with Crippen LogP contribution in [0.5, 0.6) is 0 Å². The molecule has 0 aromatic carbocycles. The van der Waals surface area contributed by atoms with Crippen molar-refractivity contribution in [1.82, 2.24) is 26.7 Å². The van der Waals surface area contributed by atoms with Crippen molar-refractivity contribution in [2.45, 2.75) is 0 Å². The van der Waals surface area contributed by atoms with Crippen molar-refractivity contribution in [2.24, 2.45) is 10.1 Å². The number of carbonyl (C=O) groups excluding carboxylic acids is 1. The summed E-state index contributed by atoms with van der Waals surface area (Å²) in [5, 5.41) is 11.3. The molecule has 1 aliphatic rings. The second-order valence-electron chi connectivity index (χ2n) is 2.53. The third kappa shape index (κ3) is 2.31. The average molecular weight is 205 g/mol. The van der Waals surface area contributed by atoms with Gasteiger partial charge in [-0.25, -0.2) is 10.5 Å². The predicted molar refractivity (Wildman–Crippen MR) is 49.4 cm³/mol. The summed E-state index contributed by atoms with van der Waals surface area (Å²) >= 11 is 0. The summed E-state index contributed by atoms with van der Waals surface area (Å²) in [6.45, 7) is 0. The van der Waals surface area contributed by atoms with E-state index in [4.69, 9.17) is 0 Å². The van der Waals surface area contributed by atoms with Crippen LogP contribution in [0.4, 0.5) is 0 Å². The monoisotopic (exact) mass is 205 g/mol. The SMILES string of the molecule is O=C(N=c1cccnnc1)C1=NNNN1. The summed E-state index contributed by atoms with van der Waals surface area (Å²) in [5.41, 5.74) is 7.29. The van der Waals surface area contributed by atoms with Crippen LogP contribution in [0.2, 0.25) is 0 Å². The van der Waals surface area contributed by atoms with E-state index < -0.39 is 5.91 Å². The van der Waals surface area contributed by atoms with Gasteiger partial charge in [0.05, 0.1) is 11.6 Å². The number of hydrogen-bond donors (Lipinski definition) is 3. The number of hydrogen-bond acceptors (Lipinski definition) is 7. The number of nitrogens with zero attached hydrogens (tertiary/aromatic N) is 4. The van der Waals surface area contributed by atoms with E-state index in [1.165, 1.54) is 12.4 Å². The lowest BCUT2D eigenvalue weighted by Gasteiger charge is -1.91. The number of amidine groups is 1. The molecule has 0 atom stereocenters. The lowest BCUT2D eigenvalue weighted by Crippen LogP contribution is -2.38. The summed E-state index contributed by atoms with van der Waals surface area (Å²) in [4.78, 5) is 15.2. The second kappa shape index (κ2) is 4.24. The van der Waals surface area contributed by atoms with Gasteiger partial charge in [0.25, 0.3) is 0 Å². The number of carbonyl (C=O) groups is 1. The van der Waals surface area contributed by atoms with Crippen LogP contribution in [0.1, 0.15) is 0 Å². The van der Waals surface area contributed by atoms with Gasteiger partial charge in [-0.2, -0.15) is 10.2 Å². The van der Waals surface area contributed by atoms with Gasteiger partial charge in [0.1, 0.15) is 0 Å². The lowest BCUT2D eigenvalue weighted by molar-refractivity contribution is -0.112. The first-order chi connectivity index (χ1) is 7.36. The van der Waals surface area contributed by atoms with Gasteiger partial charge in [-0.15, -0.1) is 10.6 Å². The molecule has 8 nitrogen and oxygen atoms in total. The van der Waals surface area contributed by atoms with Crippen molar-refractivity contribution in [1.29, 1.82) is 0 Å². The highest BCUT2D eigenvalue weighted by atomic mass is 16.2. The van der Waals surface area contributed by atoms with Crippen LogP contribution >= 0.6 is 0 Å². The molecule has 0 spiro atoms. The minimum Gasteiger partial charge on any atom is -0.281 e. The quantitative estimate of drug-likeness (QED) is 0.482. The van der Waals surface area contributed by atoms with Crippen molar-refractivity contribution in [3.05, 3.63) is 29.9 Å². The molecular weight excluding hydrogens is 198 g/mol. The molecule has 1 amide bonds. The molecule has 8 heteroatoms. The topological polar surface area (TPSA) is 104 Å². The molecule has 0 bridgehead atoms. The van der Waals surface area contributed by atoms with Gasteiger partial charge < -0.3 is 0 Å². The van der Waals surface area contributed by atoms with E-state index >= 15 is 0 Å². The standard InChI is InChI=1S/C7H7N7O/c15-7(6-11-13-14-12-6)10-5-2-1-3-8-9-4-5/h1-4,13-14H,(H,11,12). The average Bonchev–Trinajstić information content (AvgIpc) is 2.65. The molecule has 3 N–H and O–H groups in total. The van der Waals surface area contributed by atoms with Gasteiger partial charge in [0.2, 0.25) is 5.84 Å². The Morgan fingerprint density at radius 3 is 3.13 bits per heavy atom. The summed E-state index contributed by atoms with van der Waals surface area (Å²) in [6, 6.07) is 3.26. The molecule has 0 aliphatic carbocycles. The molecule has 2 rings (SSSR count). The maximum Gasteiger partial charge on any atom is 0.316 e. The van der Waals surface area contributed by atoms with Crippen molar-refractivity contribution in [3.8, 4) is 0 Å². The van der Waals surface area contributed by atoms with Crippen LogP contribution in [0.25, 0.3) is 0 Å². The number of rotatable bonds is 1. The normalized spacial score (nSPS) is 15.2. The smallest absolute Gasteiger partial charge is 0.281 e. The van der Waals surface area contributed by atoms with E-state index in [0.717, 1.165) is 0 Å². The summed E-state index contributed by atoms with van der Waals surface area (Å²) in [6.07, 6.45) is 2.88. The largest absolute Gasteiger partial charge is 0.316 e. The first kappa shape index (κ1) is 9.21. The Bertz CT molecular complexity index is 447. The Labute approximate surface area is 84.1 Å². The lowest BCUT2D eigenvalue weighted by atomic mass is 10.5. The maximum absolute atomic E-state index is 11.4. The molecule has 0 unspecified atom stereocenters. The van der Waals surface area contributed by atoms with E-state index in [1.807, 2.05) is 0 Å². The summed E-state index contributed by atoms with van der Waals surface area (Å²) in [7, 11) is 0. The fraction of sp³-hybridized carbons (Fsp3) is 0. The van der Waals surface area contributed by atoms with Crippen LogP contribution in [0, 0.1) is 0 Å². The molecule has 15 heavy (non-hydrogen) atoms. The van der Waals surface area contributed by atoms with Gasteiger partial charge >= 0.3 is 5.91 Å². The van der Waals surface area contributed by atoms with E-state index in [2.05, 4.69) is 36.8 Å². The van der Waals surface area contributed by atoms with E-state index in [1.54, 1.807) is 12.1 Å². The molecule has 0 saturated heterocycles. The number of hydrazine groups is 2. The van der Waals surface area contributed by atoms with E-state index in [9.17, 15) is 4.79 Å². The molecule has 76 valence electrons. The van der Waals surface area contributed by atoms with E-state index in [-0.39, 0.29) is 5.84 Å². The van der Waals surface area contributed by atoms with Crippen molar-refractivity contribution < 1.29 is 4.79 Å². The minimum atomic E-state index is -0.500. The number of hydrazone groups is 1. The van der Waals surface area contributed by atoms with Crippen LogP contribution in [0.3, 0.4) is 0 Å². The van der Waals surface area contributed by atoms with Gasteiger partial charge in [-0.1, -0.05) is 0 Å². The fourth-order valence-corrected chi connectivity index (χ4v) is 0.891. The molecule has 0 saturated carbocycles. The van der Waals surface area contributed by atoms with Crippen LogP contribution in [-0.2, 0) is 4.79 Å². The summed E-state index contributed by atoms with van der Waals surface area (Å²) in [5.74, 6) is -0.407. The number of nitrogens with one attached hydrogen (secondary N) is 3. The first-order valence-corrected chi connectivity index (χ1v) is 4.06. The van der Waals surface area contributed by atoms with Gasteiger partial charge in [-0.3, -0.25) is 10.2 Å². The van der Waals surface area contributed by atoms with Crippen LogP contribution in [0.15, 0.2) is 34.6 Å². The molecule has 1 aromatic heterocycles. The van der Waals surface area contributed by atoms with Gasteiger partial charge in [0, 0.05) is 6.20 Å². The van der Waals surface area contributed by atoms with Crippen molar-refractivity contribution >= 4 is 11.7 Å². The Hall–Kier alpha value is -2.35. The van der Waals surface area contributed by atoms with Crippen LogP contribution in [-0.4, -0.2) is 21.9 Å². The molecule has 1 aliphatic heterocycles.